The van der Waals surface area contributed by atoms with Crippen LogP contribution >= 0.6 is 0 Å². The molecule has 4 rings (SSSR count). The summed E-state index contributed by atoms with van der Waals surface area (Å²) >= 11 is 0. The van der Waals surface area contributed by atoms with Crippen molar-refractivity contribution in [3.8, 4) is 0 Å². The summed E-state index contributed by atoms with van der Waals surface area (Å²) in [5.74, 6) is -0.122. The van der Waals surface area contributed by atoms with Crippen molar-refractivity contribution in [2.24, 2.45) is 0 Å². The molecule has 1 fully saturated rings. The van der Waals surface area contributed by atoms with Crippen molar-refractivity contribution in [2.75, 3.05) is 5.32 Å². The lowest BCUT2D eigenvalue weighted by Crippen LogP contribution is -2.23. The van der Waals surface area contributed by atoms with Gasteiger partial charge in [0.05, 0.1) is 4.90 Å². The Labute approximate surface area is 153 Å². The van der Waals surface area contributed by atoms with E-state index in [0.717, 1.165) is 36.8 Å². The zero-order valence-corrected chi connectivity index (χ0v) is 15.1. The summed E-state index contributed by atoms with van der Waals surface area (Å²) in [4.78, 5) is 12.5. The molecule has 1 amide bonds. The van der Waals surface area contributed by atoms with Crippen LogP contribution in [-0.2, 0) is 21.4 Å². The van der Waals surface area contributed by atoms with E-state index >= 15 is 0 Å². The third-order valence-corrected chi connectivity index (χ3v) is 6.31. The van der Waals surface area contributed by atoms with Crippen LogP contribution in [0.25, 0.3) is 5.57 Å². The molecule has 1 saturated carbocycles. The van der Waals surface area contributed by atoms with E-state index in [9.17, 15) is 13.2 Å². The van der Waals surface area contributed by atoms with Crippen LogP contribution in [0.4, 0.5) is 5.69 Å². The predicted octanol–water partition coefficient (Wildman–Crippen LogP) is 3.44. The molecule has 2 aromatic carbocycles. The van der Waals surface area contributed by atoms with Gasteiger partial charge in [0.25, 0.3) is 5.91 Å². The smallest absolute Gasteiger partial charge is 0.256 e. The Bertz CT molecular complexity index is 987. The summed E-state index contributed by atoms with van der Waals surface area (Å²) in [6.07, 6.45) is 3.98. The monoisotopic (exact) mass is 368 g/mol. The maximum atomic E-state index is 12.7. The second-order valence-electron chi connectivity index (χ2n) is 6.66. The van der Waals surface area contributed by atoms with Crippen LogP contribution in [0.5, 0.6) is 0 Å². The zero-order valence-electron chi connectivity index (χ0n) is 14.3. The standard InChI is InChI=1S/C20H20N2O3S/c23-20-19(15-8-4-5-9-15)17-12-16(10-11-18(17)22-20)26(24,25)21-13-14-6-2-1-3-7-14/h1-3,6-7,10-12,21H,4-5,8-9,13H2,(H,22,23). The largest absolute Gasteiger partial charge is 0.321 e. The van der Waals surface area contributed by atoms with Gasteiger partial charge in [-0.15, -0.1) is 0 Å². The maximum absolute atomic E-state index is 12.7. The Morgan fingerprint density at radius 3 is 2.46 bits per heavy atom. The van der Waals surface area contributed by atoms with Crippen LogP contribution in [0.15, 0.2) is 59.0 Å². The van der Waals surface area contributed by atoms with Gasteiger partial charge in [-0.05, 0) is 49.4 Å². The van der Waals surface area contributed by atoms with Crippen molar-refractivity contribution >= 4 is 27.2 Å². The summed E-state index contributed by atoms with van der Waals surface area (Å²) in [5, 5.41) is 2.85. The van der Waals surface area contributed by atoms with E-state index in [1.807, 2.05) is 30.3 Å². The van der Waals surface area contributed by atoms with E-state index in [-0.39, 0.29) is 17.3 Å². The fourth-order valence-electron chi connectivity index (χ4n) is 3.57. The number of hydrogen-bond donors (Lipinski definition) is 2. The SMILES string of the molecule is O=C1Nc2ccc(S(=O)(=O)NCc3ccccc3)cc2C1=C1CCCC1. The number of nitrogens with one attached hydrogen (secondary N) is 2. The van der Waals surface area contributed by atoms with Gasteiger partial charge in [-0.3, -0.25) is 4.79 Å². The van der Waals surface area contributed by atoms with Crippen molar-refractivity contribution in [1.82, 2.24) is 4.72 Å². The molecule has 1 heterocycles. The van der Waals surface area contributed by atoms with Crippen LogP contribution in [-0.4, -0.2) is 14.3 Å². The van der Waals surface area contributed by atoms with E-state index < -0.39 is 10.0 Å². The van der Waals surface area contributed by atoms with Crippen LogP contribution in [0.1, 0.15) is 36.8 Å². The number of fused-ring (bicyclic) bond motifs is 1. The fourth-order valence-corrected chi connectivity index (χ4v) is 4.62. The molecule has 0 unspecified atom stereocenters. The number of sulfonamides is 1. The lowest BCUT2D eigenvalue weighted by Gasteiger charge is -2.09. The Morgan fingerprint density at radius 1 is 1.00 bits per heavy atom. The predicted molar refractivity (Wildman–Crippen MR) is 101 cm³/mol. The number of amides is 1. The van der Waals surface area contributed by atoms with E-state index in [1.165, 1.54) is 6.07 Å². The average Bonchev–Trinajstić information content (AvgIpc) is 3.26. The molecule has 0 saturated heterocycles. The molecule has 2 N–H and O–H groups in total. The van der Waals surface area contributed by atoms with Gasteiger partial charge in [-0.1, -0.05) is 35.9 Å². The summed E-state index contributed by atoms with van der Waals surface area (Å²) in [6.45, 7) is 0.228. The Balaban J connectivity index is 1.65. The minimum Gasteiger partial charge on any atom is -0.321 e. The van der Waals surface area contributed by atoms with Gasteiger partial charge < -0.3 is 5.32 Å². The van der Waals surface area contributed by atoms with E-state index in [4.69, 9.17) is 0 Å². The van der Waals surface area contributed by atoms with E-state index in [0.29, 0.717) is 16.8 Å². The van der Waals surface area contributed by atoms with Gasteiger partial charge in [0.2, 0.25) is 10.0 Å². The van der Waals surface area contributed by atoms with Crippen molar-refractivity contribution in [3.05, 3.63) is 65.2 Å². The molecule has 5 nitrogen and oxygen atoms in total. The minimum absolute atomic E-state index is 0.122. The number of carbonyl (C=O) groups excluding carboxylic acids is 1. The van der Waals surface area contributed by atoms with Crippen LogP contribution in [0.3, 0.4) is 0 Å². The molecular weight excluding hydrogens is 348 g/mol. The number of carbonyl (C=O) groups is 1. The lowest BCUT2D eigenvalue weighted by molar-refractivity contribution is -0.110. The quantitative estimate of drug-likeness (QED) is 0.812. The second-order valence-corrected chi connectivity index (χ2v) is 8.42. The van der Waals surface area contributed by atoms with Crippen LogP contribution in [0.2, 0.25) is 0 Å². The Kier molecular flexibility index (Phi) is 4.38. The van der Waals surface area contributed by atoms with Gasteiger partial charge in [0.15, 0.2) is 0 Å². The summed E-state index contributed by atoms with van der Waals surface area (Å²) in [5.41, 5.74) is 4.08. The molecule has 26 heavy (non-hydrogen) atoms. The summed E-state index contributed by atoms with van der Waals surface area (Å²) in [6, 6.07) is 14.2. The molecule has 134 valence electrons. The zero-order chi connectivity index (χ0) is 18.1. The highest BCUT2D eigenvalue weighted by atomic mass is 32.2. The first-order valence-electron chi connectivity index (χ1n) is 8.76. The highest BCUT2D eigenvalue weighted by molar-refractivity contribution is 7.89. The highest BCUT2D eigenvalue weighted by Gasteiger charge is 2.30. The topological polar surface area (TPSA) is 75.3 Å². The fraction of sp³-hybridized carbons (Fsp3) is 0.250. The first-order chi connectivity index (χ1) is 12.5. The number of rotatable bonds is 4. The summed E-state index contributed by atoms with van der Waals surface area (Å²) < 4.78 is 28.0. The molecule has 0 atom stereocenters. The van der Waals surface area contributed by atoms with Gasteiger partial charge in [-0.2, -0.15) is 0 Å². The third-order valence-electron chi connectivity index (χ3n) is 4.92. The lowest BCUT2D eigenvalue weighted by atomic mass is 10.00. The molecule has 0 aromatic heterocycles. The van der Waals surface area contributed by atoms with E-state index in [2.05, 4.69) is 10.0 Å². The van der Waals surface area contributed by atoms with Gasteiger partial charge in [-0.25, -0.2) is 13.1 Å². The number of benzene rings is 2. The molecule has 1 aliphatic carbocycles. The number of anilines is 1. The minimum atomic E-state index is -3.66. The molecule has 2 aliphatic rings. The average molecular weight is 368 g/mol. The van der Waals surface area contributed by atoms with Crippen LogP contribution in [0, 0.1) is 0 Å². The summed E-state index contributed by atoms with van der Waals surface area (Å²) in [7, 11) is -3.66. The molecule has 1 aliphatic heterocycles. The van der Waals surface area contributed by atoms with Crippen molar-refractivity contribution in [3.63, 3.8) is 0 Å². The Hall–Kier alpha value is -2.44. The van der Waals surface area contributed by atoms with E-state index in [1.54, 1.807) is 12.1 Å². The molecular formula is C20H20N2O3S. The maximum Gasteiger partial charge on any atom is 0.256 e. The van der Waals surface area contributed by atoms with Crippen LogP contribution < -0.4 is 10.0 Å². The van der Waals surface area contributed by atoms with Gasteiger partial charge in [0, 0.05) is 23.4 Å². The number of hydrogen-bond acceptors (Lipinski definition) is 3. The second kappa shape index (κ2) is 6.70. The molecule has 0 bridgehead atoms. The highest BCUT2D eigenvalue weighted by Crippen LogP contribution is 2.40. The van der Waals surface area contributed by atoms with Crippen molar-refractivity contribution in [1.29, 1.82) is 0 Å². The molecule has 0 radical (unpaired) electrons. The van der Waals surface area contributed by atoms with Crippen molar-refractivity contribution < 1.29 is 13.2 Å². The van der Waals surface area contributed by atoms with Crippen molar-refractivity contribution in [2.45, 2.75) is 37.1 Å². The van der Waals surface area contributed by atoms with Gasteiger partial charge in [0.1, 0.15) is 0 Å². The molecule has 0 spiro atoms. The number of allylic oxidation sites excluding steroid dienone is 1. The normalized spacial score (nSPS) is 16.7. The first-order valence-corrected chi connectivity index (χ1v) is 10.2. The van der Waals surface area contributed by atoms with Gasteiger partial charge >= 0.3 is 0 Å². The molecule has 2 aromatic rings. The molecule has 6 heteroatoms. The Morgan fingerprint density at radius 2 is 1.73 bits per heavy atom. The third kappa shape index (κ3) is 3.18. The first kappa shape index (κ1) is 17.0.